The van der Waals surface area contributed by atoms with Crippen molar-refractivity contribution in [2.45, 2.75) is 33.1 Å². The quantitative estimate of drug-likeness (QED) is 0.658. The third-order valence-corrected chi connectivity index (χ3v) is 7.27. The summed E-state index contributed by atoms with van der Waals surface area (Å²) >= 11 is 1.27. The van der Waals surface area contributed by atoms with Crippen LogP contribution in [0.4, 0.5) is 5.00 Å². The lowest BCUT2D eigenvalue weighted by molar-refractivity contribution is -0.148. The number of carbonyl (C=O) groups is 3. The van der Waals surface area contributed by atoms with Gasteiger partial charge in [-0.05, 0) is 50.5 Å². The first kappa shape index (κ1) is 20.6. The normalized spacial score (nSPS) is 24.6. The third-order valence-electron chi connectivity index (χ3n) is 6.37. The standard InChI is InChI=1S/C23H25NO5S/c1-3-29-23(28)19-16(13-6-4-12(2)5-7-13)11-30-21(19)24-20(25)17-14-8-9-15(10-14)18(17)22(26)27/h4-7,11,14-15,17-18H,3,8-10H2,1-2H3,(H,24,25)(H,26,27)/t14-,15-,17+,18+/m0/s1. The van der Waals surface area contributed by atoms with Gasteiger partial charge in [0.1, 0.15) is 10.6 Å². The van der Waals surface area contributed by atoms with Gasteiger partial charge in [-0.2, -0.15) is 0 Å². The van der Waals surface area contributed by atoms with Crippen LogP contribution in [0.5, 0.6) is 0 Å². The van der Waals surface area contributed by atoms with Gasteiger partial charge in [0, 0.05) is 10.9 Å². The number of hydrogen-bond donors (Lipinski definition) is 2. The molecule has 1 aromatic heterocycles. The van der Waals surface area contributed by atoms with Crippen molar-refractivity contribution in [3.05, 3.63) is 40.8 Å². The number of hydrogen-bond acceptors (Lipinski definition) is 5. The molecular weight excluding hydrogens is 402 g/mol. The highest BCUT2D eigenvalue weighted by atomic mass is 32.1. The molecule has 4 rings (SSSR count). The third kappa shape index (κ3) is 3.62. The Bertz CT molecular complexity index is 980. The number of amides is 1. The van der Waals surface area contributed by atoms with Crippen LogP contribution in [0.25, 0.3) is 11.1 Å². The summed E-state index contributed by atoms with van der Waals surface area (Å²) in [6.45, 7) is 3.95. The summed E-state index contributed by atoms with van der Waals surface area (Å²) in [5, 5.41) is 14.8. The fourth-order valence-corrected chi connectivity index (χ4v) is 5.98. The van der Waals surface area contributed by atoms with Crippen molar-refractivity contribution in [2.75, 3.05) is 11.9 Å². The van der Waals surface area contributed by atoms with Crippen molar-refractivity contribution in [3.8, 4) is 11.1 Å². The van der Waals surface area contributed by atoms with E-state index in [4.69, 9.17) is 4.74 Å². The molecule has 4 atom stereocenters. The van der Waals surface area contributed by atoms with Crippen molar-refractivity contribution in [2.24, 2.45) is 23.7 Å². The Morgan fingerprint density at radius 3 is 2.43 bits per heavy atom. The SMILES string of the molecule is CCOC(=O)c1c(-c2ccc(C)cc2)csc1NC(=O)[C@@H]1[C@H]2CC[C@@H](C2)[C@H]1C(=O)O. The lowest BCUT2D eigenvalue weighted by atomic mass is 9.78. The topological polar surface area (TPSA) is 92.7 Å². The summed E-state index contributed by atoms with van der Waals surface area (Å²) < 4.78 is 5.25. The van der Waals surface area contributed by atoms with Crippen molar-refractivity contribution in [1.82, 2.24) is 0 Å². The van der Waals surface area contributed by atoms with Crippen molar-refractivity contribution >= 4 is 34.2 Å². The maximum atomic E-state index is 13.1. The molecule has 158 valence electrons. The maximum absolute atomic E-state index is 13.1. The first-order valence-electron chi connectivity index (χ1n) is 10.3. The van der Waals surface area contributed by atoms with Crippen molar-refractivity contribution < 1.29 is 24.2 Å². The monoisotopic (exact) mass is 427 g/mol. The average Bonchev–Trinajstić information content (AvgIpc) is 3.42. The smallest absolute Gasteiger partial charge is 0.341 e. The number of esters is 1. The first-order valence-corrected chi connectivity index (χ1v) is 11.2. The highest BCUT2D eigenvalue weighted by Gasteiger charge is 2.54. The van der Waals surface area contributed by atoms with E-state index >= 15 is 0 Å². The molecule has 2 N–H and O–H groups in total. The van der Waals surface area contributed by atoms with Gasteiger partial charge in [-0.3, -0.25) is 9.59 Å². The van der Waals surface area contributed by atoms with E-state index in [1.807, 2.05) is 36.6 Å². The molecule has 2 fully saturated rings. The molecule has 1 aromatic carbocycles. The zero-order valence-corrected chi connectivity index (χ0v) is 17.8. The summed E-state index contributed by atoms with van der Waals surface area (Å²) in [5.74, 6) is -2.74. The van der Waals surface area contributed by atoms with Crippen LogP contribution in [0.15, 0.2) is 29.6 Å². The van der Waals surface area contributed by atoms with Gasteiger partial charge in [0.05, 0.1) is 18.4 Å². The van der Waals surface area contributed by atoms with Crippen molar-refractivity contribution in [3.63, 3.8) is 0 Å². The van der Waals surface area contributed by atoms with E-state index in [2.05, 4.69) is 5.32 Å². The number of anilines is 1. The Morgan fingerprint density at radius 2 is 1.80 bits per heavy atom. The summed E-state index contributed by atoms with van der Waals surface area (Å²) in [6.07, 6.45) is 2.55. The first-order chi connectivity index (χ1) is 14.4. The van der Waals surface area contributed by atoms with E-state index in [9.17, 15) is 19.5 Å². The van der Waals surface area contributed by atoms with Gasteiger partial charge in [-0.15, -0.1) is 11.3 Å². The molecule has 2 aliphatic carbocycles. The number of aliphatic carboxylic acids is 1. The second-order valence-corrected chi connectivity index (χ2v) is 9.03. The molecule has 2 aromatic rings. The van der Waals surface area contributed by atoms with E-state index in [0.717, 1.165) is 30.4 Å². The largest absolute Gasteiger partial charge is 0.481 e. The number of carbonyl (C=O) groups excluding carboxylic acids is 2. The Labute approximate surface area is 179 Å². The molecule has 30 heavy (non-hydrogen) atoms. The molecule has 0 aliphatic heterocycles. The van der Waals surface area contributed by atoms with Crippen LogP contribution in [0.1, 0.15) is 42.1 Å². The van der Waals surface area contributed by atoms with Gasteiger partial charge in [-0.1, -0.05) is 29.8 Å². The van der Waals surface area contributed by atoms with E-state index < -0.39 is 23.8 Å². The molecular formula is C23H25NO5S. The molecule has 7 heteroatoms. The van der Waals surface area contributed by atoms with Gasteiger partial charge in [0.15, 0.2) is 0 Å². The number of aryl methyl sites for hydroxylation is 1. The number of carboxylic acids is 1. The molecule has 0 radical (unpaired) electrons. The zero-order valence-electron chi connectivity index (χ0n) is 17.0. The maximum Gasteiger partial charge on any atom is 0.341 e. The lowest BCUT2D eigenvalue weighted by Crippen LogP contribution is -2.37. The van der Waals surface area contributed by atoms with Crippen LogP contribution < -0.4 is 5.32 Å². The predicted molar refractivity (Wildman–Crippen MR) is 115 cm³/mol. The van der Waals surface area contributed by atoms with Crippen LogP contribution in [-0.2, 0) is 14.3 Å². The van der Waals surface area contributed by atoms with Gasteiger partial charge in [0.2, 0.25) is 5.91 Å². The van der Waals surface area contributed by atoms with Gasteiger partial charge >= 0.3 is 11.9 Å². The van der Waals surface area contributed by atoms with Crippen molar-refractivity contribution in [1.29, 1.82) is 0 Å². The van der Waals surface area contributed by atoms with Gasteiger partial charge in [0.25, 0.3) is 0 Å². The number of carboxylic acid groups (broad SMARTS) is 1. The fourth-order valence-electron chi connectivity index (χ4n) is 5.02. The van der Waals surface area contributed by atoms with Crippen LogP contribution in [0, 0.1) is 30.6 Å². The highest BCUT2D eigenvalue weighted by Crippen LogP contribution is 2.53. The Balaban J connectivity index is 1.65. The van der Waals surface area contributed by atoms with Gasteiger partial charge < -0.3 is 15.2 Å². The van der Waals surface area contributed by atoms with Crippen LogP contribution in [-0.4, -0.2) is 29.6 Å². The number of ether oxygens (including phenoxy) is 1. The number of rotatable bonds is 6. The predicted octanol–water partition coefficient (Wildman–Crippen LogP) is 4.59. The molecule has 0 spiro atoms. The minimum Gasteiger partial charge on any atom is -0.481 e. The minimum absolute atomic E-state index is 0.0687. The van der Waals surface area contributed by atoms with E-state index in [1.165, 1.54) is 11.3 Å². The van der Waals surface area contributed by atoms with Crippen LogP contribution in [0.2, 0.25) is 0 Å². The number of thiophene rings is 1. The fraction of sp³-hybridized carbons (Fsp3) is 0.435. The lowest BCUT2D eigenvalue weighted by Gasteiger charge is -2.27. The summed E-state index contributed by atoms with van der Waals surface area (Å²) in [7, 11) is 0. The molecule has 2 bridgehead atoms. The minimum atomic E-state index is -0.903. The highest BCUT2D eigenvalue weighted by molar-refractivity contribution is 7.15. The second kappa shape index (κ2) is 8.22. The second-order valence-electron chi connectivity index (χ2n) is 8.15. The summed E-state index contributed by atoms with van der Waals surface area (Å²) in [5.41, 5.74) is 3.01. The van der Waals surface area contributed by atoms with E-state index in [0.29, 0.717) is 16.1 Å². The zero-order chi connectivity index (χ0) is 21.4. The Kier molecular flexibility index (Phi) is 5.64. The molecule has 2 saturated carbocycles. The molecule has 1 heterocycles. The van der Waals surface area contributed by atoms with E-state index in [1.54, 1.807) is 6.92 Å². The van der Waals surface area contributed by atoms with Crippen LogP contribution in [0.3, 0.4) is 0 Å². The summed E-state index contributed by atoms with van der Waals surface area (Å²) in [6, 6.07) is 7.80. The molecule has 6 nitrogen and oxygen atoms in total. The van der Waals surface area contributed by atoms with E-state index in [-0.39, 0.29) is 24.3 Å². The van der Waals surface area contributed by atoms with Crippen LogP contribution >= 0.6 is 11.3 Å². The summed E-state index contributed by atoms with van der Waals surface area (Å²) in [4.78, 5) is 37.6. The molecule has 1 amide bonds. The number of benzene rings is 1. The Hall–Kier alpha value is -2.67. The molecule has 2 aliphatic rings. The number of fused-ring (bicyclic) bond motifs is 2. The van der Waals surface area contributed by atoms with Gasteiger partial charge in [-0.25, -0.2) is 4.79 Å². The number of nitrogens with one attached hydrogen (secondary N) is 1. The average molecular weight is 428 g/mol. The molecule has 0 unspecified atom stereocenters. The Morgan fingerprint density at radius 1 is 1.13 bits per heavy atom. The molecule has 0 saturated heterocycles.